The molecular weight excluding hydrogens is 212 g/mol. The third-order valence-electron chi connectivity index (χ3n) is 5.18. The molecule has 0 spiro atoms. The minimum absolute atomic E-state index is 0.463. The van der Waals surface area contributed by atoms with Crippen LogP contribution in [0.3, 0.4) is 0 Å². The van der Waals surface area contributed by atoms with Gasteiger partial charge in [0.1, 0.15) is 0 Å². The summed E-state index contributed by atoms with van der Waals surface area (Å²) in [5.74, 6) is 0. The van der Waals surface area contributed by atoms with Gasteiger partial charge in [0.25, 0.3) is 0 Å². The highest BCUT2D eigenvalue weighted by molar-refractivity contribution is 5.00. The van der Waals surface area contributed by atoms with E-state index in [0.717, 1.165) is 18.1 Å². The van der Waals surface area contributed by atoms with Crippen molar-refractivity contribution in [1.29, 1.82) is 0 Å². The number of ether oxygens (including phenoxy) is 1. The summed E-state index contributed by atoms with van der Waals surface area (Å²) in [4.78, 5) is 2.83. The van der Waals surface area contributed by atoms with Crippen molar-refractivity contribution in [1.82, 2.24) is 4.90 Å². The van der Waals surface area contributed by atoms with Crippen molar-refractivity contribution in [2.45, 2.75) is 81.6 Å². The van der Waals surface area contributed by atoms with Gasteiger partial charge in [-0.2, -0.15) is 0 Å². The molecule has 1 saturated carbocycles. The van der Waals surface area contributed by atoms with Crippen LogP contribution in [0.4, 0.5) is 0 Å². The van der Waals surface area contributed by atoms with Crippen molar-refractivity contribution < 1.29 is 4.74 Å². The lowest BCUT2D eigenvalue weighted by Gasteiger charge is -2.45. The monoisotopic (exact) mass is 238 g/mol. The van der Waals surface area contributed by atoms with Gasteiger partial charge in [-0.15, -0.1) is 0 Å². The predicted molar refractivity (Wildman–Crippen MR) is 68.9 cm³/mol. The summed E-state index contributed by atoms with van der Waals surface area (Å²) >= 11 is 0. The second-order valence-electron chi connectivity index (χ2n) is 6.24. The number of nitrogens with zero attached hydrogens (tertiary/aromatic N) is 1. The summed E-state index contributed by atoms with van der Waals surface area (Å²) in [5.41, 5.74) is 6.15. The lowest BCUT2D eigenvalue weighted by atomic mass is 9.87. The molecule has 2 N–H and O–H groups in total. The first-order chi connectivity index (χ1) is 8.28. The van der Waals surface area contributed by atoms with Gasteiger partial charge in [0.2, 0.25) is 0 Å². The number of methoxy groups -OCH3 is 1. The van der Waals surface area contributed by atoms with Crippen LogP contribution in [0.1, 0.15) is 51.4 Å². The van der Waals surface area contributed by atoms with Crippen LogP contribution in [0.15, 0.2) is 0 Å². The van der Waals surface area contributed by atoms with Crippen LogP contribution < -0.4 is 5.73 Å². The molecule has 3 fully saturated rings. The summed E-state index contributed by atoms with van der Waals surface area (Å²) in [6.45, 7) is 0. The van der Waals surface area contributed by atoms with Crippen LogP contribution in [0.2, 0.25) is 0 Å². The SMILES string of the molecule is COC1CCCC(N2C3CCC2CC(N)C3)C1. The first-order valence-corrected chi connectivity index (χ1v) is 7.33. The highest BCUT2D eigenvalue weighted by Crippen LogP contribution is 2.40. The summed E-state index contributed by atoms with van der Waals surface area (Å²) in [5, 5.41) is 0. The van der Waals surface area contributed by atoms with Gasteiger partial charge >= 0.3 is 0 Å². The molecule has 1 aliphatic carbocycles. The third-order valence-corrected chi connectivity index (χ3v) is 5.18. The Morgan fingerprint density at radius 1 is 0.941 bits per heavy atom. The molecule has 2 heterocycles. The van der Waals surface area contributed by atoms with Gasteiger partial charge in [-0.05, 0) is 51.4 Å². The molecule has 0 aromatic heterocycles. The highest BCUT2D eigenvalue weighted by Gasteiger charge is 2.43. The Balaban J connectivity index is 1.68. The molecule has 3 heteroatoms. The fraction of sp³-hybridized carbons (Fsp3) is 1.00. The zero-order chi connectivity index (χ0) is 11.8. The van der Waals surface area contributed by atoms with Crippen LogP contribution in [0, 0.1) is 0 Å². The van der Waals surface area contributed by atoms with Crippen molar-refractivity contribution in [2.24, 2.45) is 5.73 Å². The second-order valence-corrected chi connectivity index (χ2v) is 6.24. The molecule has 4 atom stereocenters. The largest absolute Gasteiger partial charge is 0.381 e. The van der Waals surface area contributed by atoms with Crippen LogP contribution >= 0.6 is 0 Å². The van der Waals surface area contributed by atoms with Crippen LogP contribution in [-0.4, -0.2) is 42.3 Å². The summed E-state index contributed by atoms with van der Waals surface area (Å²) < 4.78 is 5.57. The molecule has 3 nitrogen and oxygen atoms in total. The molecule has 98 valence electrons. The van der Waals surface area contributed by atoms with E-state index in [0.29, 0.717) is 12.1 Å². The Labute approximate surface area is 105 Å². The number of piperidine rings is 1. The van der Waals surface area contributed by atoms with E-state index in [9.17, 15) is 0 Å². The van der Waals surface area contributed by atoms with Gasteiger partial charge in [-0.3, -0.25) is 4.90 Å². The first-order valence-electron chi connectivity index (χ1n) is 7.33. The summed E-state index contributed by atoms with van der Waals surface area (Å²) in [6.07, 6.45) is 10.9. The minimum Gasteiger partial charge on any atom is -0.381 e. The van der Waals surface area contributed by atoms with Gasteiger partial charge in [-0.1, -0.05) is 0 Å². The molecule has 0 amide bonds. The van der Waals surface area contributed by atoms with Gasteiger partial charge < -0.3 is 10.5 Å². The quantitative estimate of drug-likeness (QED) is 0.798. The number of hydrogen-bond acceptors (Lipinski definition) is 3. The number of hydrogen-bond donors (Lipinski definition) is 1. The van der Waals surface area contributed by atoms with Gasteiger partial charge in [0, 0.05) is 31.3 Å². The normalized spacial score (nSPS) is 47.3. The zero-order valence-corrected chi connectivity index (χ0v) is 11.0. The zero-order valence-electron chi connectivity index (χ0n) is 11.0. The first kappa shape index (κ1) is 11.9. The minimum atomic E-state index is 0.463. The van der Waals surface area contributed by atoms with Crippen LogP contribution in [0.5, 0.6) is 0 Å². The molecule has 0 aromatic rings. The Morgan fingerprint density at radius 2 is 1.59 bits per heavy atom. The van der Waals surface area contributed by atoms with E-state index in [4.69, 9.17) is 10.5 Å². The van der Waals surface area contributed by atoms with E-state index in [1.165, 1.54) is 51.4 Å². The maximum atomic E-state index is 6.15. The highest BCUT2D eigenvalue weighted by atomic mass is 16.5. The van der Waals surface area contributed by atoms with Crippen LogP contribution in [0.25, 0.3) is 0 Å². The molecule has 3 aliphatic rings. The van der Waals surface area contributed by atoms with Gasteiger partial charge in [0.15, 0.2) is 0 Å². The standard InChI is InChI=1S/C14H26N2O/c1-17-14-4-2-3-11(9-14)16-12-5-6-13(16)8-10(15)7-12/h10-14H,2-9,15H2,1H3. The lowest BCUT2D eigenvalue weighted by Crippen LogP contribution is -2.53. The molecule has 0 aromatic carbocycles. The third kappa shape index (κ3) is 2.25. The molecular formula is C14H26N2O. The maximum absolute atomic E-state index is 6.15. The Bertz CT molecular complexity index is 257. The summed E-state index contributed by atoms with van der Waals surface area (Å²) in [7, 11) is 1.87. The number of fused-ring (bicyclic) bond motifs is 2. The van der Waals surface area contributed by atoms with E-state index in [1.54, 1.807) is 0 Å². The number of rotatable bonds is 2. The van der Waals surface area contributed by atoms with E-state index >= 15 is 0 Å². The molecule has 2 aliphatic heterocycles. The van der Waals surface area contributed by atoms with Crippen molar-refractivity contribution in [3.63, 3.8) is 0 Å². The fourth-order valence-corrected chi connectivity index (χ4v) is 4.46. The smallest absolute Gasteiger partial charge is 0.0586 e. The fourth-order valence-electron chi connectivity index (χ4n) is 4.46. The van der Waals surface area contributed by atoms with Crippen molar-refractivity contribution >= 4 is 0 Å². The molecule has 2 bridgehead atoms. The molecule has 3 rings (SSSR count). The lowest BCUT2D eigenvalue weighted by molar-refractivity contribution is -0.00247. The van der Waals surface area contributed by atoms with E-state index in [2.05, 4.69) is 4.90 Å². The van der Waals surface area contributed by atoms with Gasteiger partial charge in [-0.25, -0.2) is 0 Å². The van der Waals surface area contributed by atoms with Gasteiger partial charge in [0.05, 0.1) is 6.10 Å². The van der Waals surface area contributed by atoms with Crippen molar-refractivity contribution in [3.8, 4) is 0 Å². The Hall–Kier alpha value is -0.120. The summed E-state index contributed by atoms with van der Waals surface area (Å²) in [6, 6.07) is 2.80. The maximum Gasteiger partial charge on any atom is 0.0586 e. The van der Waals surface area contributed by atoms with Crippen molar-refractivity contribution in [2.75, 3.05) is 7.11 Å². The molecule has 0 radical (unpaired) electrons. The molecule has 2 saturated heterocycles. The number of nitrogens with two attached hydrogens (primary N) is 1. The Kier molecular flexibility index (Phi) is 3.42. The molecule has 4 unspecified atom stereocenters. The second kappa shape index (κ2) is 4.87. The molecule has 17 heavy (non-hydrogen) atoms. The van der Waals surface area contributed by atoms with E-state index < -0.39 is 0 Å². The van der Waals surface area contributed by atoms with E-state index in [1.807, 2.05) is 7.11 Å². The predicted octanol–water partition coefficient (Wildman–Crippen LogP) is 1.90. The average Bonchev–Trinajstić information content (AvgIpc) is 2.62. The van der Waals surface area contributed by atoms with Crippen LogP contribution in [-0.2, 0) is 4.74 Å². The topological polar surface area (TPSA) is 38.5 Å². The average molecular weight is 238 g/mol. The Morgan fingerprint density at radius 3 is 2.24 bits per heavy atom. The van der Waals surface area contributed by atoms with Crippen molar-refractivity contribution in [3.05, 3.63) is 0 Å². The van der Waals surface area contributed by atoms with E-state index in [-0.39, 0.29) is 0 Å².